The van der Waals surface area contributed by atoms with Crippen LogP contribution >= 0.6 is 11.6 Å². The fourth-order valence-electron chi connectivity index (χ4n) is 3.14. The molecule has 0 heterocycles. The summed E-state index contributed by atoms with van der Waals surface area (Å²) < 4.78 is 13.8. The minimum atomic E-state index is -0.190. The molecular weight excluding hydrogens is 249 g/mol. The zero-order chi connectivity index (χ0) is 13.2. The Morgan fingerprint density at radius 2 is 2.06 bits per heavy atom. The van der Waals surface area contributed by atoms with E-state index in [-0.39, 0.29) is 5.82 Å². The minimum Gasteiger partial charge on any atom is -0.316 e. The van der Waals surface area contributed by atoms with Gasteiger partial charge in [0, 0.05) is 11.1 Å². The van der Waals surface area contributed by atoms with E-state index < -0.39 is 0 Å². The third-order valence-electron chi connectivity index (χ3n) is 4.37. The van der Waals surface area contributed by atoms with E-state index in [1.807, 2.05) is 7.05 Å². The van der Waals surface area contributed by atoms with Crippen LogP contribution < -0.4 is 5.32 Å². The standard InChI is InChI=1S/C15H21ClFN/c1-15(7-3-4-8-15)14(18-2)9-11-5-6-12(16)10-13(11)17/h5-6,10,14,18H,3-4,7-9H2,1-2H3. The molecule has 1 aliphatic carbocycles. The van der Waals surface area contributed by atoms with E-state index in [4.69, 9.17) is 11.6 Å². The Morgan fingerprint density at radius 3 is 2.61 bits per heavy atom. The Labute approximate surface area is 114 Å². The van der Waals surface area contributed by atoms with Crippen LogP contribution in [-0.4, -0.2) is 13.1 Å². The molecule has 0 radical (unpaired) electrons. The largest absolute Gasteiger partial charge is 0.316 e. The highest BCUT2D eigenvalue weighted by Crippen LogP contribution is 2.41. The topological polar surface area (TPSA) is 12.0 Å². The molecule has 1 N–H and O–H groups in total. The van der Waals surface area contributed by atoms with Crippen LogP contribution in [0.4, 0.5) is 4.39 Å². The molecule has 1 saturated carbocycles. The van der Waals surface area contributed by atoms with Gasteiger partial charge in [-0.2, -0.15) is 0 Å². The summed E-state index contributed by atoms with van der Waals surface area (Å²) in [4.78, 5) is 0. The van der Waals surface area contributed by atoms with Crippen molar-refractivity contribution in [3.63, 3.8) is 0 Å². The summed E-state index contributed by atoms with van der Waals surface area (Å²) in [7, 11) is 1.97. The highest BCUT2D eigenvalue weighted by Gasteiger charge is 2.36. The van der Waals surface area contributed by atoms with Gasteiger partial charge in [0.2, 0.25) is 0 Å². The first-order valence-electron chi connectivity index (χ1n) is 6.66. The van der Waals surface area contributed by atoms with Gasteiger partial charge < -0.3 is 5.32 Å². The molecule has 0 bridgehead atoms. The number of hydrogen-bond donors (Lipinski definition) is 1. The van der Waals surface area contributed by atoms with Crippen molar-refractivity contribution < 1.29 is 4.39 Å². The summed E-state index contributed by atoms with van der Waals surface area (Å²) in [5.41, 5.74) is 1.05. The normalized spacial score (nSPS) is 20.0. The van der Waals surface area contributed by atoms with Crippen molar-refractivity contribution in [2.45, 2.75) is 45.1 Å². The molecular formula is C15H21ClFN. The molecule has 3 heteroatoms. The van der Waals surface area contributed by atoms with Crippen LogP contribution in [0.1, 0.15) is 38.2 Å². The lowest BCUT2D eigenvalue weighted by atomic mass is 9.78. The first-order valence-corrected chi connectivity index (χ1v) is 7.04. The molecule has 100 valence electrons. The lowest BCUT2D eigenvalue weighted by Crippen LogP contribution is -2.42. The van der Waals surface area contributed by atoms with Crippen molar-refractivity contribution in [2.24, 2.45) is 5.41 Å². The smallest absolute Gasteiger partial charge is 0.127 e. The van der Waals surface area contributed by atoms with Crippen molar-refractivity contribution in [1.29, 1.82) is 0 Å². The molecule has 0 spiro atoms. The molecule has 1 fully saturated rings. The first kappa shape index (κ1) is 13.8. The fourth-order valence-corrected chi connectivity index (χ4v) is 3.29. The number of nitrogens with one attached hydrogen (secondary N) is 1. The van der Waals surface area contributed by atoms with Gasteiger partial charge in [0.15, 0.2) is 0 Å². The maximum absolute atomic E-state index is 13.8. The fraction of sp³-hybridized carbons (Fsp3) is 0.600. The SMILES string of the molecule is CNC(Cc1ccc(Cl)cc1F)C1(C)CCCC1. The lowest BCUT2D eigenvalue weighted by Gasteiger charge is -2.34. The van der Waals surface area contributed by atoms with Gasteiger partial charge in [0.25, 0.3) is 0 Å². The van der Waals surface area contributed by atoms with Gasteiger partial charge in [-0.05, 0) is 49.4 Å². The Morgan fingerprint density at radius 1 is 1.39 bits per heavy atom. The van der Waals surface area contributed by atoms with Crippen LogP contribution in [0.15, 0.2) is 18.2 Å². The zero-order valence-electron chi connectivity index (χ0n) is 11.1. The highest BCUT2D eigenvalue weighted by atomic mass is 35.5. The van der Waals surface area contributed by atoms with Crippen molar-refractivity contribution in [3.8, 4) is 0 Å². The first-order chi connectivity index (χ1) is 8.55. The van der Waals surface area contributed by atoms with Gasteiger partial charge in [-0.25, -0.2) is 4.39 Å². The average molecular weight is 270 g/mol. The second-order valence-electron chi connectivity index (χ2n) is 5.64. The highest BCUT2D eigenvalue weighted by molar-refractivity contribution is 6.30. The summed E-state index contributed by atoms with van der Waals surface area (Å²) in [5, 5.41) is 3.84. The maximum Gasteiger partial charge on any atom is 0.127 e. The molecule has 0 aliphatic heterocycles. The predicted molar refractivity (Wildman–Crippen MR) is 74.5 cm³/mol. The molecule has 2 rings (SSSR count). The van der Waals surface area contributed by atoms with Crippen LogP contribution in [0.5, 0.6) is 0 Å². The molecule has 1 aliphatic rings. The van der Waals surface area contributed by atoms with Crippen LogP contribution in [0, 0.1) is 11.2 Å². The Bertz CT molecular complexity index is 413. The Kier molecular flexibility index (Phi) is 4.29. The number of halogens is 2. The van der Waals surface area contributed by atoms with Gasteiger partial charge in [0.1, 0.15) is 5.82 Å². The summed E-state index contributed by atoms with van der Waals surface area (Å²) >= 11 is 5.79. The second kappa shape index (κ2) is 5.58. The number of hydrogen-bond acceptors (Lipinski definition) is 1. The Balaban J connectivity index is 2.15. The van der Waals surface area contributed by atoms with E-state index in [9.17, 15) is 4.39 Å². The van der Waals surface area contributed by atoms with Crippen molar-refractivity contribution in [2.75, 3.05) is 7.05 Å². The molecule has 0 saturated heterocycles. The van der Waals surface area contributed by atoms with E-state index >= 15 is 0 Å². The molecule has 1 nitrogen and oxygen atoms in total. The van der Waals surface area contributed by atoms with E-state index in [2.05, 4.69) is 12.2 Å². The summed E-state index contributed by atoms with van der Waals surface area (Å²) in [6.45, 7) is 2.31. The lowest BCUT2D eigenvalue weighted by molar-refractivity contribution is 0.228. The van der Waals surface area contributed by atoms with Crippen molar-refractivity contribution in [3.05, 3.63) is 34.6 Å². The monoisotopic (exact) mass is 269 g/mol. The third-order valence-corrected chi connectivity index (χ3v) is 4.61. The Hall–Kier alpha value is -0.600. The van der Waals surface area contributed by atoms with Gasteiger partial charge in [0.05, 0.1) is 0 Å². The molecule has 1 unspecified atom stereocenters. The molecule has 1 aromatic rings. The minimum absolute atomic E-state index is 0.190. The number of rotatable bonds is 4. The average Bonchev–Trinajstić information content (AvgIpc) is 2.76. The predicted octanol–water partition coefficient (Wildman–Crippen LogP) is 4.19. The molecule has 0 aromatic heterocycles. The second-order valence-corrected chi connectivity index (χ2v) is 6.08. The third kappa shape index (κ3) is 2.86. The maximum atomic E-state index is 13.8. The van der Waals surface area contributed by atoms with E-state index in [1.54, 1.807) is 12.1 Å². The molecule has 1 atom stereocenters. The quantitative estimate of drug-likeness (QED) is 0.864. The van der Waals surface area contributed by atoms with E-state index in [1.165, 1.54) is 31.7 Å². The van der Waals surface area contributed by atoms with Gasteiger partial charge in [-0.3, -0.25) is 0 Å². The van der Waals surface area contributed by atoms with Crippen LogP contribution in [0.25, 0.3) is 0 Å². The zero-order valence-corrected chi connectivity index (χ0v) is 11.9. The van der Waals surface area contributed by atoms with Crippen LogP contribution in [-0.2, 0) is 6.42 Å². The molecule has 0 amide bonds. The van der Waals surface area contributed by atoms with Crippen LogP contribution in [0.2, 0.25) is 5.02 Å². The summed E-state index contributed by atoms with van der Waals surface area (Å²) in [6.07, 6.45) is 5.77. The molecule has 1 aromatic carbocycles. The van der Waals surface area contributed by atoms with E-state index in [0.717, 1.165) is 12.0 Å². The summed E-state index contributed by atoms with van der Waals surface area (Å²) in [6, 6.07) is 5.31. The van der Waals surface area contributed by atoms with Crippen molar-refractivity contribution in [1.82, 2.24) is 5.32 Å². The van der Waals surface area contributed by atoms with Gasteiger partial charge >= 0.3 is 0 Å². The molecule has 18 heavy (non-hydrogen) atoms. The van der Waals surface area contributed by atoms with Crippen LogP contribution in [0.3, 0.4) is 0 Å². The van der Waals surface area contributed by atoms with E-state index in [0.29, 0.717) is 16.5 Å². The van der Waals surface area contributed by atoms with Gasteiger partial charge in [-0.1, -0.05) is 37.4 Å². The van der Waals surface area contributed by atoms with Gasteiger partial charge in [-0.15, -0.1) is 0 Å². The summed E-state index contributed by atoms with van der Waals surface area (Å²) in [5.74, 6) is -0.190. The number of likely N-dealkylation sites (N-methyl/N-ethyl adjacent to an activating group) is 1. The van der Waals surface area contributed by atoms with Crippen molar-refractivity contribution >= 4 is 11.6 Å². The number of benzene rings is 1.